The highest BCUT2D eigenvalue weighted by molar-refractivity contribution is 5.97. The molecule has 0 atom stereocenters. The van der Waals surface area contributed by atoms with Crippen LogP contribution in [0.1, 0.15) is 22.3 Å². The summed E-state index contributed by atoms with van der Waals surface area (Å²) in [5.74, 6) is -0.619. The van der Waals surface area contributed by atoms with E-state index < -0.39 is 11.7 Å². The summed E-state index contributed by atoms with van der Waals surface area (Å²) in [5, 5.41) is 38.5. The summed E-state index contributed by atoms with van der Waals surface area (Å²) >= 11 is 0. The third-order valence-electron chi connectivity index (χ3n) is 5.19. The molecule has 0 fully saturated rings. The number of aliphatic hydroxyl groups is 1. The number of phenols is 1. The summed E-state index contributed by atoms with van der Waals surface area (Å²) in [6, 6.07) is 12.8. The molecule has 0 saturated heterocycles. The topological polar surface area (TPSA) is 90.3 Å². The molecular formula is C24H20F3N3O3. The van der Waals surface area contributed by atoms with Crippen LogP contribution in [0.25, 0.3) is 16.6 Å². The molecule has 1 aromatic heterocycles. The van der Waals surface area contributed by atoms with Crippen molar-refractivity contribution < 1.29 is 28.5 Å². The number of fused-ring (bicyclic) bond motifs is 1. The fourth-order valence-corrected chi connectivity index (χ4v) is 3.73. The summed E-state index contributed by atoms with van der Waals surface area (Å²) in [7, 11) is 0. The Hall–Kier alpha value is -3.85. The van der Waals surface area contributed by atoms with Gasteiger partial charge in [0.25, 0.3) is 0 Å². The Kier molecular flexibility index (Phi) is 5.59. The predicted molar refractivity (Wildman–Crippen MR) is 118 cm³/mol. The molecule has 0 radical (unpaired) electrons. The number of aryl methyl sites for hydroxylation is 2. The van der Waals surface area contributed by atoms with Crippen molar-refractivity contribution in [1.82, 2.24) is 4.57 Å². The van der Waals surface area contributed by atoms with Gasteiger partial charge in [-0.2, -0.15) is 13.2 Å². The Morgan fingerprint density at radius 1 is 0.879 bits per heavy atom. The van der Waals surface area contributed by atoms with Gasteiger partial charge in [0.2, 0.25) is 5.88 Å². The van der Waals surface area contributed by atoms with Crippen molar-refractivity contribution in [1.29, 1.82) is 0 Å². The molecule has 9 heteroatoms. The fraction of sp³-hybridized carbons (Fsp3) is 0.167. The highest BCUT2D eigenvalue weighted by atomic mass is 19.4. The molecule has 0 spiro atoms. The lowest BCUT2D eigenvalue weighted by atomic mass is 10.1. The summed E-state index contributed by atoms with van der Waals surface area (Å²) in [6.45, 7) is 3.43. The molecule has 33 heavy (non-hydrogen) atoms. The molecule has 0 amide bonds. The Bertz CT molecular complexity index is 1370. The second-order valence-electron chi connectivity index (χ2n) is 7.76. The van der Waals surface area contributed by atoms with Gasteiger partial charge in [-0.15, -0.1) is 10.2 Å². The molecule has 0 unspecified atom stereocenters. The van der Waals surface area contributed by atoms with Crippen LogP contribution < -0.4 is 0 Å². The first kappa shape index (κ1) is 22.3. The van der Waals surface area contributed by atoms with Gasteiger partial charge in [0.1, 0.15) is 11.4 Å². The maximum absolute atomic E-state index is 13.4. The molecule has 0 saturated carbocycles. The van der Waals surface area contributed by atoms with Crippen molar-refractivity contribution in [2.24, 2.45) is 10.2 Å². The van der Waals surface area contributed by atoms with Crippen LogP contribution in [0, 0.1) is 13.8 Å². The lowest BCUT2D eigenvalue weighted by Crippen LogP contribution is -2.05. The van der Waals surface area contributed by atoms with E-state index >= 15 is 0 Å². The van der Waals surface area contributed by atoms with Crippen molar-refractivity contribution in [3.05, 3.63) is 76.9 Å². The monoisotopic (exact) mass is 455 g/mol. The normalized spacial score (nSPS) is 12.2. The Balaban J connectivity index is 1.94. The van der Waals surface area contributed by atoms with Gasteiger partial charge in [0.15, 0.2) is 5.69 Å². The standard InChI is InChI=1S/C24H20F3N3O3/c1-13-7-14(2)9-17(8-13)30-20-11-16(24(25,26)27)4-5-18(20)22(23(30)33)29-28-19-6-3-15(12-31)10-21(19)32/h3-11,31-33H,12H2,1-2H3. The minimum atomic E-state index is -4.57. The minimum Gasteiger partial charge on any atom is -0.506 e. The van der Waals surface area contributed by atoms with E-state index in [1.165, 1.54) is 22.8 Å². The Labute approximate surface area is 186 Å². The van der Waals surface area contributed by atoms with E-state index in [9.17, 15) is 23.4 Å². The number of hydrogen-bond acceptors (Lipinski definition) is 5. The number of benzene rings is 3. The summed E-state index contributed by atoms with van der Waals surface area (Å²) in [5.41, 5.74) is 1.98. The molecule has 3 N–H and O–H groups in total. The molecule has 1 heterocycles. The van der Waals surface area contributed by atoms with Crippen LogP contribution in [0.15, 0.2) is 64.8 Å². The van der Waals surface area contributed by atoms with Crippen molar-refractivity contribution in [3.63, 3.8) is 0 Å². The van der Waals surface area contributed by atoms with E-state index in [0.29, 0.717) is 11.3 Å². The van der Waals surface area contributed by atoms with Crippen LogP contribution in [-0.2, 0) is 12.8 Å². The number of aliphatic hydroxyl groups excluding tert-OH is 1. The molecule has 0 aliphatic carbocycles. The van der Waals surface area contributed by atoms with E-state index in [1.807, 2.05) is 19.9 Å². The van der Waals surface area contributed by atoms with Crippen molar-refractivity contribution in [3.8, 4) is 17.3 Å². The quantitative estimate of drug-likeness (QED) is 0.303. The molecule has 0 bridgehead atoms. The fourth-order valence-electron chi connectivity index (χ4n) is 3.73. The summed E-state index contributed by atoms with van der Waals surface area (Å²) in [4.78, 5) is 0. The van der Waals surface area contributed by atoms with E-state index in [-0.39, 0.29) is 40.5 Å². The average molecular weight is 455 g/mol. The van der Waals surface area contributed by atoms with E-state index in [0.717, 1.165) is 23.3 Å². The van der Waals surface area contributed by atoms with Gasteiger partial charge in [-0.1, -0.05) is 12.1 Å². The number of aromatic nitrogens is 1. The van der Waals surface area contributed by atoms with Crippen molar-refractivity contribution in [2.45, 2.75) is 26.6 Å². The van der Waals surface area contributed by atoms with Gasteiger partial charge in [-0.25, -0.2) is 0 Å². The highest BCUT2D eigenvalue weighted by Gasteiger charge is 2.32. The molecule has 0 aliphatic rings. The highest BCUT2D eigenvalue weighted by Crippen LogP contribution is 2.44. The summed E-state index contributed by atoms with van der Waals surface area (Å²) < 4.78 is 41.5. The number of aromatic hydroxyl groups is 2. The maximum Gasteiger partial charge on any atom is 0.416 e. The van der Waals surface area contributed by atoms with Gasteiger partial charge in [-0.3, -0.25) is 4.57 Å². The molecule has 4 aromatic rings. The van der Waals surface area contributed by atoms with Gasteiger partial charge in [-0.05, 0) is 73.0 Å². The van der Waals surface area contributed by atoms with Crippen LogP contribution >= 0.6 is 0 Å². The Morgan fingerprint density at radius 3 is 2.18 bits per heavy atom. The lowest BCUT2D eigenvalue weighted by Gasteiger charge is -2.11. The minimum absolute atomic E-state index is 0.0384. The number of phenolic OH excluding ortho intramolecular Hbond substituents is 1. The van der Waals surface area contributed by atoms with Crippen LogP contribution in [0.2, 0.25) is 0 Å². The number of hydrogen-bond donors (Lipinski definition) is 3. The number of rotatable bonds is 4. The first-order valence-electron chi connectivity index (χ1n) is 9.96. The number of nitrogens with zero attached hydrogens (tertiary/aromatic N) is 3. The van der Waals surface area contributed by atoms with E-state index in [2.05, 4.69) is 10.2 Å². The average Bonchev–Trinajstić information content (AvgIpc) is 3.02. The van der Waals surface area contributed by atoms with Crippen LogP contribution in [-0.4, -0.2) is 19.9 Å². The third-order valence-corrected chi connectivity index (χ3v) is 5.19. The number of azo groups is 1. The van der Waals surface area contributed by atoms with Crippen LogP contribution in [0.5, 0.6) is 11.6 Å². The molecule has 170 valence electrons. The lowest BCUT2D eigenvalue weighted by molar-refractivity contribution is -0.137. The van der Waals surface area contributed by atoms with Crippen molar-refractivity contribution >= 4 is 22.3 Å². The van der Waals surface area contributed by atoms with Gasteiger partial charge >= 0.3 is 6.18 Å². The van der Waals surface area contributed by atoms with Crippen LogP contribution in [0.4, 0.5) is 24.5 Å². The smallest absolute Gasteiger partial charge is 0.416 e. The molecule has 0 aliphatic heterocycles. The number of alkyl halides is 3. The largest absolute Gasteiger partial charge is 0.506 e. The predicted octanol–water partition coefficient (Wildman–Crippen LogP) is 6.59. The molecule has 6 nitrogen and oxygen atoms in total. The van der Waals surface area contributed by atoms with E-state index in [1.54, 1.807) is 18.2 Å². The zero-order valence-corrected chi connectivity index (χ0v) is 17.7. The maximum atomic E-state index is 13.4. The molecule has 3 aromatic carbocycles. The second-order valence-corrected chi connectivity index (χ2v) is 7.76. The van der Waals surface area contributed by atoms with Crippen LogP contribution in [0.3, 0.4) is 0 Å². The summed E-state index contributed by atoms with van der Waals surface area (Å²) in [6.07, 6.45) is -4.57. The van der Waals surface area contributed by atoms with Crippen molar-refractivity contribution in [2.75, 3.05) is 0 Å². The van der Waals surface area contributed by atoms with Gasteiger partial charge in [0.05, 0.1) is 17.7 Å². The van der Waals surface area contributed by atoms with E-state index in [4.69, 9.17) is 5.11 Å². The van der Waals surface area contributed by atoms with Gasteiger partial charge in [0, 0.05) is 11.1 Å². The SMILES string of the molecule is Cc1cc(C)cc(-n2c(O)c(N=Nc3ccc(CO)cc3O)c3ccc(C(F)(F)F)cc32)c1. The Morgan fingerprint density at radius 2 is 1.58 bits per heavy atom. The second kappa shape index (κ2) is 8.25. The first-order valence-corrected chi connectivity index (χ1v) is 9.96. The first-order chi connectivity index (χ1) is 15.6. The molecule has 4 rings (SSSR count). The zero-order chi connectivity index (χ0) is 23.9. The third kappa shape index (κ3) is 4.27. The molecular weight excluding hydrogens is 435 g/mol. The zero-order valence-electron chi connectivity index (χ0n) is 17.7. The number of halogens is 3. The van der Waals surface area contributed by atoms with Gasteiger partial charge < -0.3 is 15.3 Å².